The Kier molecular flexibility index (Phi) is 16.2. The fraction of sp³-hybridized carbons (Fsp3) is 0.750. The van der Waals surface area contributed by atoms with Gasteiger partial charge < -0.3 is 6.42 Å². The van der Waals surface area contributed by atoms with Gasteiger partial charge in [0.25, 0.3) is 0 Å². The Labute approximate surface area is 47.6 Å². The molecule has 0 aromatic rings. The van der Waals surface area contributed by atoms with Crippen molar-refractivity contribution >= 4 is 0 Å². The maximum Gasteiger partial charge on any atom is 0 e. The Morgan fingerprint density at radius 1 is 1.60 bits per heavy atom. The molecular weight excluding hydrogens is 234 g/mol. The second-order valence-electron chi connectivity index (χ2n) is 0.816. The number of hydrogen-bond donors (Lipinski definition) is 0. The average Bonchev–Trinajstić information content (AvgIpc) is 1.37. The third kappa shape index (κ3) is 12.0. The van der Waals surface area contributed by atoms with Gasteiger partial charge in [-0.1, -0.05) is 6.92 Å². The molecule has 0 aliphatic heterocycles. The van der Waals surface area contributed by atoms with E-state index in [2.05, 4.69) is 20.3 Å². The Morgan fingerprint density at radius 2 is 1.80 bits per heavy atom. The summed E-state index contributed by atoms with van der Waals surface area (Å²) in [6.07, 6.45) is 3.32. The first-order valence-corrected chi connectivity index (χ1v) is 1.69. The van der Waals surface area contributed by atoms with E-state index in [4.69, 9.17) is 0 Å². The first kappa shape index (κ1) is 9.18. The van der Waals surface area contributed by atoms with Crippen molar-refractivity contribution in [2.24, 2.45) is 0 Å². The van der Waals surface area contributed by atoms with Gasteiger partial charge in [0.2, 0.25) is 0 Å². The summed E-state index contributed by atoms with van der Waals surface area (Å²) in [5.74, 6) is 0. The smallest absolute Gasteiger partial charge is 0 e. The minimum Gasteiger partial charge on any atom is -0.332 e. The van der Waals surface area contributed by atoms with Crippen LogP contribution < -0.4 is 0 Å². The molecule has 0 amide bonds. The monoisotopic (exact) mass is 244 g/mol. The van der Waals surface area contributed by atoms with Crippen LogP contribution in [0.1, 0.15) is 20.3 Å². The molecule has 5 heavy (non-hydrogen) atoms. The summed E-state index contributed by atoms with van der Waals surface area (Å²) in [6, 6.07) is 0. The summed E-state index contributed by atoms with van der Waals surface area (Å²) in [7, 11) is 0. The fourth-order valence-corrected chi connectivity index (χ4v) is 0. The maximum atomic E-state index is 2.12. The topological polar surface area (TPSA) is 0 Å². The van der Waals surface area contributed by atoms with Gasteiger partial charge in [-0.05, 0) is 0 Å². The van der Waals surface area contributed by atoms with Gasteiger partial charge in [-0.3, -0.25) is 0 Å². The van der Waals surface area contributed by atoms with Crippen LogP contribution in [0.3, 0.4) is 0 Å². The molecule has 0 heterocycles. The van der Waals surface area contributed by atoms with Crippen LogP contribution >= 0.6 is 0 Å². The first-order valence-electron chi connectivity index (χ1n) is 1.69. The second kappa shape index (κ2) is 8.82. The van der Waals surface area contributed by atoms with Crippen molar-refractivity contribution in [3.05, 3.63) is 6.42 Å². The van der Waals surface area contributed by atoms with Crippen LogP contribution in [-0.4, -0.2) is 0 Å². The Bertz CT molecular complexity index is 5.61. The molecule has 0 aliphatic carbocycles. The molecule has 1 heteroatoms. The molecule has 0 aliphatic rings. The minimum atomic E-state index is 0. The van der Waals surface area contributed by atoms with Crippen LogP contribution in [0.5, 0.6) is 0 Å². The van der Waals surface area contributed by atoms with Gasteiger partial charge in [0, 0.05) is 20.4 Å². The van der Waals surface area contributed by atoms with E-state index < -0.39 is 0 Å². The van der Waals surface area contributed by atoms with Crippen LogP contribution in [0.2, 0.25) is 0 Å². The number of hydrogen-bond acceptors (Lipinski definition) is 0. The summed E-state index contributed by atoms with van der Waals surface area (Å²) < 4.78 is 0. The predicted molar refractivity (Wildman–Crippen MR) is 20.3 cm³/mol. The van der Waals surface area contributed by atoms with Crippen molar-refractivity contribution in [3.8, 4) is 0 Å². The van der Waals surface area contributed by atoms with Gasteiger partial charge in [0.05, 0.1) is 0 Å². The van der Waals surface area contributed by atoms with Gasteiger partial charge in [-0.25, -0.2) is 0 Å². The third-order valence-electron chi connectivity index (χ3n) is 0.408. The van der Waals surface area contributed by atoms with Crippen molar-refractivity contribution in [2.45, 2.75) is 20.3 Å². The normalized spacial score (nSPS) is 6.00. The zero-order valence-corrected chi connectivity index (χ0v) is 6.38. The van der Waals surface area contributed by atoms with Gasteiger partial charge in [0.15, 0.2) is 0 Å². The van der Waals surface area contributed by atoms with Gasteiger partial charge in [-0.2, -0.15) is 13.3 Å². The number of rotatable bonds is 1. The van der Waals surface area contributed by atoms with Crippen molar-refractivity contribution in [2.75, 3.05) is 0 Å². The maximum absolute atomic E-state index is 2.12. The molecule has 1 radical (unpaired) electrons. The molecule has 0 aromatic carbocycles. The molecule has 0 atom stereocenters. The summed E-state index contributed by atoms with van der Waals surface area (Å²) in [5, 5.41) is 0. The van der Waals surface area contributed by atoms with E-state index in [0.717, 1.165) is 0 Å². The molecule has 0 saturated carbocycles. The molecular formula is C4H9Re-. The zero-order valence-electron chi connectivity index (χ0n) is 3.66. The van der Waals surface area contributed by atoms with Crippen molar-refractivity contribution in [1.29, 1.82) is 0 Å². The Hall–Kier alpha value is 0.662. The van der Waals surface area contributed by atoms with Crippen molar-refractivity contribution in [1.82, 2.24) is 0 Å². The fourth-order valence-electron chi connectivity index (χ4n) is 0. The first-order chi connectivity index (χ1) is 1.91. The summed E-state index contributed by atoms with van der Waals surface area (Å²) in [6.45, 7) is 4.18. The Balaban J connectivity index is 0. The second-order valence-corrected chi connectivity index (χ2v) is 0.816. The molecule has 0 N–H and O–H groups in total. The van der Waals surface area contributed by atoms with E-state index in [-0.39, 0.29) is 20.4 Å². The van der Waals surface area contributed by atoms with E-state index in [1.165, 1.54) is 6.42 Å². The van der Waals surface area contributed by atoms with Crippen LogP contribution in [0.4, 0.5) is 0 Å². The molecule has 33 valence electrons. The Morgan fingerprint density at radius 3 is 1.80 bits per heavy atom. The van der Waals surface area contributed by atoms with Crippen molar-refractivity contribution in [3.63, 3.8) is 0 Å². The zero-order chi connectivity index (χ0) is 3.41. The molecule has 0 saturated heterocycles. The summed E-state index contributed by atoms with van der Waals surface area (Å²) in [4.78, 5) is 0. The van der Waals surface area contributed by atoms with Crippen LogP contribution in [0, 0.1) is 6.42 Å². The summed E-state index contributed by atoms with van der Waals surface area (Å²) in [5.41, 5.74) is 0. The van der Waals surface area contributed by atoms with Gasteiger partial charge >= 0.3 is 0 Å². The molecule has 0 unspecified atom stereocenters. The molecule has 0 aromatic heterocycles. The quantitative estimate of drug-likeness (QED) is 0.614. The SMILES string of the molecule is C[CH-]CC.[Re]. The molecule has 0 spiro atoms. The minimum absolute atomic E-state index is 0. The van der Waals surface area contributed by atoms with Crippen molar-refractivity contribution < 1.29 is 20.4 Å². The van der Waals surface area contributed by atoms with Crippen LogP contribution in [0.15, 0.2) is 0 Å². The number of unbranched alkanes of at least 4 members (excludes halogenated alkanes) is 1. The average molecular weight is 243 g/mol. The van der Waals surface area contributed by atoms with Crippen LogP contribution in [-0.2, 0) is 20.4 Å². The van der Waals surface area contributed by atoms with Gasteiger partial charge in [-0.15, -0.1) is 0 Å². The van der Waals surface area contributed by atoms with E-state index in [9.17, 15) is 0 Å². The van der Waals surface area contributed by atoms with E-state index in [1.54, 1.807) is 0 Å². The standard InChI is InChI=1S/C4H9.Re/c1-3-4-2;/h3H,4H2,1-2H3;/q-1;. The predicted octanol–water partition coefficient (Wildman–Crippen LogP) is 1.62. The molecule has 0 fully saturated rings. The summed E-state index contributed by atoms with van der Waals surface area (Å²) >= 11 is 0. The van der Waals surface area contributed by atoms with E-state index in [0.29, 0.717) is 0 Å². The van der Waals surface area contributed by atoms with Crippen LogP contribution in [0.25, 0.3) is 0 Å². The van der Waals surface area contributed by atoms with E-state index in [1.807, 2.05) is 0 Å². The van der Waals surface area contributed by atoms with Gasteiger partial charge in [0.1, 0.15) is 0 Å². The molecule has 0 nitrogen and oxygen atoms in total. The molecule has 0 rings (SSSR count). The largest absolute Gasteiger partial charge is 0.332 e. The van der Waals surface area contributed by atoms with E-state index >= 15 is 0 Å². The molecule has 0 bridgehead atoms. The third-order valence-corrected chi connectivity index (χ3v) is 0.408.